The van der Waals surface area contributed by atoms with Gasteiger partial charge in [-0.2, -0.15) is 0 Å². The average molecular weight is 328 g/mol. The van der Waals surface area contributed by atoms with Crippen LogP contribution in [0.3, 0.4) is 0 Å². The summed E-state index contributed by atoms with van der Waals surface area (Å²) in [5.74, 6) is -0.498. The zero-order valence-electron chi connectivity index (χ0n) is 13.7. The molecule has 0 saturated heterocycles. The molecule has 0 aliphatic rings. The van der Waals surface area contributed by atoms with Crippen LogP contribution >= 0.6 is 0 Å². The molecule has 2 aromatic rings. The number of nitrogens with zero attached hydrogens (tertiary/aromatic N) is 1. The van der Waals surface area contributed by atoms with Crippen LogP contribution in [0.25, 0.3) is 12.2 Å². The number of methoxy groups -OCH3 is 1. The molecule has 1 heterocycles. The summed E-state index contributed by atoms with van der Waals surface area (Å²) < 4.78 is 5.10. The molecule has 6 nitrogen and oxygen atoms in total. The number of H-pyrrole nitrogens is 1. The first-order valence-electron chi connectivity index (χ1n) is 7.57. The standard InChI is InChI=1S/C18H20N2O4/c1-12-15(7-9-17(21)22)18(23)20-16(19-12)8-6-13-4-3-5-14(10-13)11-24-2/h3-6,8,10H,7,9,11H2,1-2H3,(H,21,22)(H,19,20,23). The number of benzene rings is 1. The van der Waals surface area contributed by atoms with Gasteiger partial charge in [0.15, 0.2) is 0 Å². The molecule has 0 aliphatic carbocycles. The Balaban J connectivity index is 2.19. The molecule has 126 valence electrons. The predicted molar refractivity (Wildman–Crippen MR) is 91.6 cm³/mol. The van der Waals surface area contributed by atoms with Crippen molar-refractivity contribution in [3.8, 4) is 0 Å². The van der Waals surface area contributed by atoms with Crippen molar-refractivity contribution in [2.75, 3.05) is 7.11 Å². The second kappa shape index (κ2) is 8.21. The topological polar surface area (TPSA) is 92.3 Å². The number of rotatable bonds is 7. The van der Waals surface area contributed by atoms with E-state index in [9.17, 15) is 9.59 Å². The van der Waals surface area contributed by atoms with Gasteiger partial charge in [-0.05, 0) is 36.6 Å². The van der Waals surface area contributed by atoms with Crippen LogP contribution in [0.1, 0.15) is 34.6 Å². The van der Waals surface area contributed by atoms with Gasteiger partial charge < -0.3 is 14.8 Å². The highest BCUT2D eigenvalue weighted by Crippen LogP contribution is 2.10. The van der Waals surface area contributed by atoms with Gasteiger partial charge in [-0.25, -0.2) is 4.98 Å². The number of carboxylic acid groups (broad SMARTS) is 1. The van der Waals surface area contributed by atoms with E-state index in [4.69, 9.17) is 9.84 Å². The van der Waals surface area contributed by atoms with Crippen LogP contribution in [0.5, 0.6) is 0 Å². The van der Waals surface area contributed by atoms with Gasteiger partial charge in [0.2, 0.25) is 0 Å². The van der Waals surface area contributed by atoms with E-state index in [1.54, 1.807) is 20.1 Å². The molecule has 0 atom stereocenters. The molecule has 0 aliphatic heterocycles. The molecule has 0 unspecified atom stereocenters. The number of hydrogen-bond acceptors (Lipinski definition) is 4. The van der Waals surface area contributed by atoms with Crippen LogP contribution in [-0.2, 0) is 22.6 Å². The molecule has 0 spiro atoms. The van der Waals surface area contributed by atoms with E-state index >= 15 is 0 Å². The molecule has 0 radical (unpaired) electrons. The number of aromatic nitrogens is 2. The van der Waals surface area contributed by atoms with Crippen molar-refractivity contribution >= 4 is 18.1 Å². The Morgan fingerprint density at radius 1 is 1.38 bits per heavy atom. The predicted octanol–water partition coefficient (Wildman–Crippen LogP) is 2.41. The number of nitrogens with one attached hydrogen (secondary N) is 1. The van der Waals surface area contributed by atoms with E-state index < -0.39 is 5.97 Å². The molecule has 24 heavy (non-hydrogen) atoms. The van der Waals surface area contributed by atoms with E-state index in [0.717, 1.165) is 11.1 Å². The maximum Gasteiger partial charge on any atom is 0.303 e. The van der Waals surface area contributed by atoms with Gasteiger partial charge >= 0.3 is 5.97 Å². The van der Waals surface area contributed by atoms with Gasteiger partial charge in [0.05, 0.1) is 6.61 Å². The number of hydrogen-bond donors (Lipinski definition) is 2. The van der Waals surface area contributed by atoms with Crippen LogP contribution in [0.2, 0.25) is 0 Å². The first-order valence-corrected chi connectivity index (χ1v) is 7.57. The Kier molecular flexibility index (Phi) is 6.03. The summed E-state index contributed by atoms with van der Waals surface area (Å²) in [5.41, 5.74) is 2.70. The lowest BCUT2D eigenvalue weighted by Crippen LogP contribution is -2.18. The van der Waals surface area contributed by atoms with E-state index in [1.165, 1.54) is 0 Å². The second-order valence-electron chi connectivity index (χ2n) is 5.42. The summed E-state index contributed by atoms with van der Waals surface area (Å²) in [6, 6.07) is 7.85. The Labute approximate surface area is 139 Å². The zero-order valence-corrected chi connectivity index (χ0v) is 13.7. The molecule has 6 heteroatoms. The summed E-state index contributed by atoms with van der Waals surface area (Å²) in [5, 5.41) is 8.73. The lowest BCUT2D eigenvalue weighted by atomic mass is 10.1. The summed E-state index contributed by atoms with van der Waals surface area (Å²) in [6.07, 6.45) is 3.66. The fraction of sp³-hybridized carbons (Fsp3) is 0.278. The van der Waals surface area contributed by atoms with Crippen LogP contribution in [-0.4, -0.2) is 28.2 Å². The van der Waals surface area contributed by atoms with Gasteiger partial charge in [0.25, 0.3) is 5.56 Å². The SMILES string of the molecule is COCc1cccc(C=Cc2nc(C)c(CCC(=O)O)c(=O)[nH]2)c1. The highest BCUT2D eigenvalue weighted by atomic mass is 16.5. The molecule has 0 amide bonds. The summed E-state index contributed by atoms with van der Waals surface area (Å²) >= 11 is 0. The third-order valence-corrected chi connectivity index (χ3v) is 3.53. The monoisotopic (exact) mass is 328 g/mol. The minimum atomic E-state index is -0.936. The largest absolute Gasteiger partial charge is 0.481 e. The Morgan fingerprint density at radius 3 is 2.83 bits per heavy atom. The first kappa shape index (κ1) is 17.6. The Hall–Kier alpha value is -2.73. The van der Waals surface area contributed by atoms with Crippen molar-refractivity contribution in [3.05, 3.63) is 62.8 Å². The minimum absolute atomic E-state index is 0.0902. The van der Waals surface area contributed by atoms with Crippen molar-refractivity contribution in [1.29, 1.82) is 0 Å². The van der Waals surface area contributed by atoms with E-state index in [1.807, 2.05) is 30.3 Å². The number of aryl methyl sites for hydroxylation is 1. The Morgan fingerprint density at radius 2 is 2.17 bits per heavy atom. The highest BCUT2D eigenvalue weighted by molar-refractivity contribution is 5.68. The number of carboxylic acids is 1. The third kappa shape index (κ3) is 4.89. The number of aliphatic carboxylic acids is 1. The first-order chi connectivity index (χ1) is 11.5. The number of aromatic amines is 1. The van der Waals surface area contributed by atoms with Crippen LogP contribution < -0.4 is 5.56 Å². The number of carbonyl (C=O) groups is 1. The average Bonchev–Trinajstić information content (AvgIpc) is 2.52. The molecule has 0 fully saturated rings. The van der Waals surface area contributed by atoms with Gasteiger partial charge in [0, 0.05) is 24.8 Å². The van der Waals surface area contributed by atoms with Crippen LogP contribution in [0.4, 0.5) is 0 Å². The van der Waals surface area contributed by atoms with Crippen molar-refractivity contribution in [2.45, 2.75) is 26.4 Å². The number of ether oxygens (including phenoxy) is 1. The maximum atomic E-state index is 12.1. The van der Waals surface area contributed by atoms with E-state index in [-0.39, 0.29) is 18.4 Å². The van der Waals surface area contributed by atoms with Gasteiger partial charge in [-0.1, -0.05) is 24.3 Å². The van der Waals surface area contributed by atoms with Gasteiger partial charge in [-0.3, -0.25) is 9.59 Å². The van der Waals surface area contributed by atoms with E-state index in [0.29, 0.717) is 23.7 Å². The van der Waals surface area contributed by atoms with Crippen molar-refractivity contribution in [3.63, 3.8) is 0 Å². The molecule has 0 bridgehead atoms. The van der Waals surface area contributed by atoms with Crippen molar-refractivity contribution < 1.29 is 14.6 Å². The maximum absolute atomic E-state index is 12.1. The molecule has 1 aromatic carbocycles. The summed E-state index contributed by atoms with van der Waals surface area (Å²) in [6.45, 7) is 2.25. The van der Waals surface area contributed by atoms with Gasteiger partial charge in [-0.15, -0.1) is 0 Å². The molecule has 0 saturated carbocycles. The Bertz CT molecular complexity index is 809. The fourth-order valence-corrected chi connectivity index (χ4v) is 2.37. The van der Waals surface area contributed by atoms with E-state index in [2.05, 4.69) is 9.97 Å². The molecular formula is C18H20N2O4. The molecule has 2 rings (SSSR count). The third-order valence-electron chi connectivity index (χ3n) is 3.53. The van der Waals surface area contributed by atoms with Crippen LogP contribution in [0, 0.1) is 6.92 Å². The fourth-order valence-electron chi connectivity index (χ4n) is 2.37. The summed E-state index contributed by atoms with van der Waals surface area (Å²) in [4.78, 5) is 29.7. The molecular weight excluding hydrogens is 308 g/mol. The molecule has 1 aromatic heterocycles. The molecule has 2 N–H and O–H groups in total. The minimum Gasteiger partial charge on any atom is -0.481 e. The lowest BCUT2D eigenvalue weighted by Gasteiger charge is -2.04. The quantitative estimate of drug-likeness (QED) is 0.814. The van der Waals surface area contributed by atoms with Crippen LogP contribution in [0.15, 0.2) is 29.1 Å². The zero-order chi connectivity index (χ0) is 17.5. The van der Waals surface area contributed by atoms with Crippen molar-refractivity contribution in [2.24, 2.45) is 0 Å². The normalized spacial score (nSPS) is 11.1. The smallest absolute Gasteiger partial charge is 0.303 e. The summed E-state index contributed by atoms with van der Waals surface area (Å²) in [7, 11) is 1.64. The highest BCUT2D eigenvalue weighted by Gasteiger charge is 2.09. The second-order valence-corrected chi connectivity index (χ2v) is 5.42. The van der Waals surface area contributed by atoms with Gasteiger partial charge in [0.1, 0.15) is 5.82 Å². The lowest BCUT2D eigenvalue weighted by molar-refractivity contribution is -0.136. The van der Waals surface area contributed by atoms with Crippen molar-refractivity contribution in [1.82, 2.24) is 9.97 Å².